The van der Waals surface area contributed by atoms with Crippen molar-refractivity contribution in [2.24, 2.45) is 0 Å². The summed E-state index contributed by atoms with van der Waals surface area (Å²) in [5, 5.41) is 18.2. The van der Waals surface area contributed by atoms with Gasteiger partial charge in [-0.25, -0.2) is 17.9 Å². The highest BCUT2D eigenvalue weighted by Crippen LogP contribution is 2.23. The van der Waals surface area contributed by atoms with Gasteiger partial charge >= 0.3 is 5.97 Å². The number of aliphatic hydroxyl groups is 1. The predicted octanol–water partition coefficient (Wildman–Crippen LogP) is 1.62. The molecule has 2 rings (SSSR count). The second-order valence-corrected chi connectivity index (χ2v) is 7.19. The molecule has 21 heavy (non-hydrogen) atoms. The molecule has 0 spiro atoms. The quantitative estimate of drug-likeness (QED) is 0.776. The summed E-state index contributed by atoms with van der Waals surface area (Å²) >= 11 is 5.79. The first-order valence-electron chi connectivity index (χ1n) is 6.53. The van der Waals surface area contributed by atoms with Crippen LogP contribution in [0.2, 0.25) is 5.02 Å². The molecule has 0 unspecified atom stereocenters. The standard InChI is InChI=1S/C13H16ClNO5S/c14-12-7-10(5-6-11(12)13(17)18)21(19,20)15-8-1-3-9(16)4-2-8/h5-9,15-16H,1-4H2,(H,17,18). The van der Waals surface area contributed by atoms with E-state index in [1.54, 1.807) is 0 Å². The summed E-state index contributed by atoms with van der Waals surface area (Å²) in [7, 11) is -3.75. The number of hydrogen-bond acceptors (Lipinski definition) is 4. The molecule has 116 valence electrons. The first kappa shape index (κ1) is 16.2. The second kappa shape index (κ2) is 6.31. The normalized spacial score (nSPS) is 23.0. The molecular weight excluding hydrogens is 318 g/mol. The fourth-order valence-corrected chi connectivity index (χ4v) is 3.97. The van der Waals surface area contributed by atoms with Gasteiger partial charge in [0.1, 0.15) is 0 Å². The van der Waals surface area contributed by atoms with Crippen molar-refractivity contribution in [3.63, 3.8) is 0 Å². The highest BCUT2D eigenvalue weighted by Gasteiger charge is 2.25. The Morgan fingerprint density at radius 1 is 1.24 bits per heavy atom. The van der Waals surface area contributed by atoms with Crippen molar-refractivity contribution in [1.29, 1.82) is 0 Å². The summed E-state index contributed by atoms with van der Waals surface area (Å²) in [6, 6.07) is 3.29. The van der Waals surface area contributed by atoms with Gasteiger partial charge in [0.2, 0.25) is 10.0 Å². The van der Waals surface area contributed by atoms with Crippen LogP contribution in [0.5, 0.6) is 0 Å². The molecule has 1 aliphatic rings. The number of sulfonamides is 1. The first-order valence-corrected chi connectivity index (χ1v) is 8.39. The van der Waals surface area contributed by atoms with Crippen molar-refractivity contribution in [1.82, 2.24) is 4.72 Å². The van der Waals surface area contributed by atoms with Crippen molar-refractivity contribution in [3.8, 4) is 0 Å². The number of carboxylic acids is 1. The minimum Gasteiger partial charge on any atom is -0.478 e. The van der Waals surface area contributed by atoms with Crippen LogP contribution >= 0.6 is 11.6 Å². The van der Waals surface area contributed by atoms with E-state index in [0.717, 1.165) is 6.07 Å². The molecule has 0 aliphatic heterocycles. The maximum Gasteiger partial charge on any atom is 0.337 e. The monoisotopic (exact) mass is 333 g/mol. The van der Waals surface area contributed by atoms with Crippen molar-refractivity contribution in [3.05, 3.63) is 28.8 Å². The van der Waals surface area contributed by atoms with Gasteiger partial charge in [-0.3, -0.25) is 0 Å². The van der Waals surface area contributed by atoms with E-state index < -0.39 is 16.0 Å². The molecule has 1 aromatic rings. The third-order valence-electron chi connectivity index (χ3n) is 3.50. The number of carbonyl (C=O) groups is 1. The number of rotatable bonds is 4. The number of nitrogens with one attached hydrogen (secondary N) is 1. The SMILES string of the molecule is O=C(O)c1ccc(S(=O)(=O)NC2CCC(O)CC2)cc1Cl. The minimum absolute atomic E-state index is 0.0661. The van der Waals surface area contributed by atoms with Crippen molar-refractivity contribution < 1.29 is 23.4 Å². The molecule has 1 fully saturated rings. The lowest BCUT2D eigenvalue weighted by Crippen LogP contribution is -2.38. The molecular formula is C13H16ClNO5S. The van der Waals surface area contributed by atoms with Crippen LogP contribution in [0.3, 0.4) is 0 Å². The smallest absolute Gasteiger partial charge is 0.337 e. The van der Waals surface area contributed by atoms with E-state index in [1.165, 1.54) is 12.1 Å². The zero-order valence-corrected chi connectivity index (χ0v) is 12.7. The first-order chi connectivity index (χ1) is 9.79. The second-order valence-electron chi connectivity index (χ2n) is 5.07. The number of aromatic carboxylic acids is 1. The van der Waals surface area contributed by atoms with Crippen molar-refractivity contribution in [2.45, 2.75) is 42.7 Å². The van der Waals surface area contributed by atoms with E-state index in [1.807, 2.05) is 0 Å². The maximum absolute atomic E-state index is 12.2. The van der Waals surface area contributed by atoms with Crippen LogP contribution in [0, 0.1) is 0 Å². The maximum atomic E-state index is 12.2. The van der Waals surface area contributed by atoms with Gasteiger partial charge in [0.05, 0.1) is 21.6 Å². The summed E-state index contributed by atoms with van der Waals surface area (Å²) < 4.78 is 27.0. The lowest BCUT2D eigenvalue weighted by Gasteiger charge is -2.26. The van der Waals surface area contributed by atoms with Gasteiger partial charge in [-0.2, -0.15) is 0 Å². The number of benzene rings is 1. The number of carboxylic acid groups (broad SMARTS) is 1. The third-order valence-corrected chi connectivity index (χ3v) is 5.33. The number of aliphatic hydroxyl groups excluding tert-OH is 1. The summed E-state index contributed by atoms with van der Waals surface area (Å²) in [5.41, 5.74) is -0.142. The Hall–Kier alpha value is -1.15. The van der Waals surface area contributed by atoms with Crippen LogP contribution in [-0.2, 0) is 10.0 Å². The Kier molecular flexibility index (Phi) is 4.88. The Morgan fingerprint density at radius 3 is 2.38 bits per heavy atom. The van der Waals surface area contributed by atoms with Gasteiger partial charge in [0.15, 0.2) is 0 Å². The lowest BCUT2D eigenvalue weighted by atomic mass is 9.94. The van der Waals surface area contributed by atoms with E-state index >= 15 is 0 Å². The van der Waals surface area contributed by atoms with Gasteiger partial charge in [-0.05, 0) is 43.9 Å². The average Bonchev–Trinajstić information content (AvgIpc) is 2.40. The van der Waals surface area contributed by atoms with Gasteiger partial charge in [0.25, 0.3) is 0 Å². The fraction of sp³-hybridized carbons (Fsp3) is 0.462. The van der Waals surface area contributed by atoms with E-state index in [0.29, 0.717) is 25.7 Å². The molecule has 1 saturated carbocycles. The van der Waals surface area contributed by atoms with Gasteiger partial charge in [-0.1, -0.05) is 11.6 Å². The summed E-state index contributed by atoms with van der Waals surface area (Å²) in [6.07, 6.45) is 1.90. The molecule has 0 amide bonds. The third kappa shape index (κ3) is 3.94. The van der Waals surface area contributed by atoms with Crippen LogP contribution in [0.25, 0.3) is 0 Å². The number of hydrogen-bond donors (Lipinski definition) is 3. The Labute approximate surface area is 127 Å². The van der Waals surface area contributed by atoms with Crippen LogP contribution in [0.4, 0.5) is 0 Å². The molecule has 1 aromatic carbocycles. The molecule has 0 atom stereocenters. The fourth-order valence-electron chi connectivity index (χ4n) is 2.32. The molecule has 0 aromatic heterocycles. The molecule has 3 N–H and O–H groups in total. The molecule has 0 radical (unpaired) electrons. The van der Waals surface area contributed by atoms with E-state index in [-0.39, 0.29) is 27.6 Å². The molecule has 0 heterocycles. The van der Waals surface area contributed by atoms with Crippen LogP contribution < -0.4 is 4.72 Å². The number of halogens is 1. The van der Waals surface area contributed by atoms with E-state index in [2.05, 4.69) is 4.72 Å². The van der Waals surface area contributed by atoms with Crippen molar-refractivity contribution >= 4 is 27.6 Å². The molecule has 8 heteroatoms. The average molecular weight is 334 g/mol. The Bertz CT molecular complexity index is 638. The molecule has 6 nitrogen and oxygen atoms in total. The summed E-state index contributed by atoms with van der Waals surface area (Å²) in [5.74, 6) is -1.21. The van der Waals surface area contributed by atoms with Gasteiger partial charge < -0.3 is 10.2 Å². The van der Waals surface area contributed by atoms with Crippen LogP contribution in [-0.4, -0.2) is 36.7 Å². The summed E-state index contributed by atoms with van der Waals surface area (Å²) in [6.45, 7) is 0. The molecule has 1 aliphatic carbocycles. The van der Waals surface area contributed by atoms with Crippen molar-refractivity contribution in [2.75, 3.05) is 0 Å². The Morgan fingerprint density at radius 2 is 1.86 bits per heavy atom. The minimum atomic E-state index is -3.75. The largest absolute Gasteiger partial charge is 0.478 e. The van der Waals surface area contributed by atoms with Crippen LogP contribution in [0.15, 0.2) is 23.1 Å². The zero-order chi connectivity index (χ0) is 15.6. The lowest BCUT2D eigenvalue weighted by molar-refractivity contribution is 0.0697. The topological polar surface area (TPSA) is 104 Å². The van der Waals surface area contributed by atoms with E-state index in [9.17, 15) is 18.3 Å². The van der Waals surface area contributed by atoms with Gasteiger partial charge in [-0.15, -0.1) is 0 Å². The summed E-state index contributed by atoms with van der Waals surface area (Å²) in [4.78, 5) is 10.8. The zero-order valence-electron chi connectivity index (χ0n) is 11.1. The highest BCUT2D eigenvalue weighted by molar-refractivity contribution is 7.89. The molecule has 0 bridgehead atoms. The van der Waals surface area contributed by atoms with Crippen LogP contribution in [0.1, 0.15) is 36.0 Å². The van der Waals surface area contributed by atoms with Gasteiger partial charge in [0, 0.05) is 6.04 Å². The predicted molar refractivity (Wildman–Crippen MR) is 77.0 cm³/mol. The van der Waals surface area contributed by atoms with E-state index in [4.69, 9.17) is 16.7 Å². The highest BCUT2D eigenvalue weighted by atomic mass is 35.5. The molecule has 0 saturated heterocycles. The Balaban J connectivity index is 2.16.